The zero-order valence-corrected chi connectivity index (χ0v) is 13.6. The zero-order valence-electron chi connectivity index (χ0n) is 11.2. The van der Waals surface area contributed by atoms with Crippen LogP contribution in [0.15, 0.2) is 45.8 Å². The second-order valence-electron chi connectivity index (χ2n) is 5.03. The first-order valence-electron chi connectivity index (χ1n) is 6.56. The molecule has 2 aromatic carbocycles. The average Bonchev–Trinajstić information content (AvgIpc) is 2.81. The number of benzene rings is 2. The van der Waals surface area contributed by atoms with Gasteiger partial charge in [-0.2, -0.15) is 0 Å². The quantitative estimate of drug-likeness (QED) is 0.657. The molecule has 3 rings (SSSR count). The van der Waals surface area contributed by atoms with Gasteiger partial charge in [0.2, 0.25) is 0 Å². The second kappa shape index (κ2) is 5.70. The van der Waals surface area contributed by atoms with Gasteiger partial charge in [-0.05, 0) is 48.4 Å². The highest BCUT2D eigenvalue weighted by atomic mass is 79.9. The van der Waals surface area contributed by atoms with Crippen LogP contribution in [0.25, 0.3) is 0 Å². The third-order valence-corrected chi connectivity index (χ3v) is 5.18. The average molecular weight is 350 g/mol. The zero-order chi connectivity index (χ0) is 14.1. The van der Waals surface area contributed by atoms with Crippen molar-refractivity contribution in [2.45, 2.75) is 24.3 Å². The van der Waals surface area contributed by atoms with E-state index in [1.807, 2.05) is 36.0 Å². The summed E-state index contributed by atoms with van der Waals surface area (Å²) >= 11 is 5.32. The Bertz CT molecular complexity index is 644. The molecule has 104 valence electrons. The van der Waals surface area contributed by atoms with Gasteiger partial charge >= 0.3 is 0 Å². The summed E-state index contributed by atoms with van der Waals surface area (Å²) in [5.74, 6) is 1.96. The van der Waals surface area contributed by atoms with Gasteiger partial charge in [0.05, 0.1) is 0 Å². The Morgan fingerprint density at radius 2 is 2.15 bits per heavy atom. The number of ether oxygens (including phenoxy) is 1. The van der Waals surface area contributed by atoms with Crippen LogP contribution in [0.5, 0.6) is 5.75 Å². The molecule has 0 bridgehead atoms. The number of nitrogens with two attached hydrogens (primary N) is 1. The molecule has 1 aliphatic rings. The molecular weight excluding hydrogens is 334 g/mol. The minimum atomic E-state index is 0.241. The van der Waals surface area contributed by atoms with Crippen molar-refractivity contribution in [3.05, 3.63) is 52.0 Å². The molecule has 1 heterocycles. The molecule has 20 heavy (non-hydrogen) atoms. The number of halogens is 1. The predicted molar refractivity (Wildman–Crippen MR) is 88.6 cm³/mol. The monoisotopic (exact) mass is 349 g/mol. The predicted octanol–water partition coefficient (Wildman–Crippen LogP) is 4.44. The molecule has 0 saturated carbocycles. The van der Waals surface area contributed by atoms with Crippen molar-refractivity contribution in [1.82, 2.24) is 0 Å². The highest BCUT2D eigenvalue weighted by molar-refractivity contribution is 9.10. The summed E-state index contributed by atoms with van der Waals surface area (Å²) in [6, 6.07) is 12.3. The van der Waals surface area contributed by atoms with Gasteiger partial charge in [-0.25, -0.2) is 0 Å². The number of anilines is 1. The first kappa shape index (κ1) is 13.8. The van der Waals surface area contributed by atoms with Crippen LogP contribution in [-0.2, 0) is 6.42 Å². The first-order valence-corrected chi connectivity index (χ1v) is 8.33. The molecule has 1 aliphatic heterocycles. The van der Waals surface area contributed by atoms with E-state index in [2.05, 4.69) is 35.0 Å². The second-order valence-corrected chi connectivity index (χ2v) is 7.01. The maximum Gasteiger partial charge on any atom is 0.123 e. The smallest absolute Gasteiger partial charge is 0.123 e. The molecule has 2 nitrogen and oxygen atoms in total. The third-order valence-electron chi connectivity index (χ3n) is 3.40. The van der Waals surface area contributed by atoms with E-state index in [1.54, 1.807) is 0 Å². The number of fused-ring (bicyclic) bond motifs is 1. The maximum absolute atomic E-state index is 5.98. The number of nitrogen functional groups attached to an aromatic ring is 1. The fraction of sp³-hybridized carbons (Fsp3) is 0.250. The molecule has 1 unspecified atom stereocenters. The number of thioether (sulfide) groups is 1. The molecule has 0 radical (unpaired) electrons. The molecule has 2 N–H and O–H groups in total. The lowest BCUT2D eigenvalue weighted by Crippen LogP contribution is -2.15. The highest BCUT2D eigenvalue weighted by Crippen LogP contribution is 2.34. The number of aryl methyl sites for hydroxylation is 1. The molecule has 4 heteroatoms. The fourth-order valence-electron chi connectivity index (χ4n) is 2.34. The molecule has 2 aromatic rings. The van der Waals surface area contributed by atoms with Gasteiger partial charge in [-0.15, -0.1) is 11.8 Å². The summed E-state index contributed by atoms with van der Waals surface area (Å²) in [5.41, 5.74) is 9.22. The van der Waals surface area contributed by atoms with Gasteiger partial charge in [0.15, 0.2) is 0 Å². The fourth-order valence-corrected chi connectivity index (χ4v) is 3.81. The van der Waals surface area contributed by atoms with E-state index in [4.69, 9.17) is 10.5 Å². The van der Waals surface area contributed by atoms with Gasteiger partial charge in [-0.3, -0.25) is 0 Å². The normalized spacial score (nSPS) is 16.8. The minimum Gasteiger partial charge on any atom is -0.489 e. The van der Waals surface area contributed by atoms with Crippen molar-refractivity contribution in [3.63, 3.8) is 0 Å². The van der Waals surface area contributed by atoms with Gasteiger partial charge in [0.25, 0.3) is 0 Å². The van der Waals surface area contributed by atoms with E-state index >= 15 is 0 Å². The maximum atomic E-state index is 5.98. The Kier molecular flexibility index (Phi) is 3.94. The van der Waals surface area contributed by atoms with Gasteiger partial charge < -0.3 is 10.5 Å². The standard InChI is InChI=1S/C16H16BrNOS/c1-10-2-4-13(18)8-16(10)20-9-14-7-11-6-12(17)3-5-15(11)19-14/h2-6,8,14H,7,9,18H2,1H3. The molecule has 1 atom stereocenters. The van der Waals surface area contributed by atoms with Crippen molar-refractivity contribution >= 4 is 33.4 Å². The molecule has 0 spiro atoms. The summed E-state index contributed by atoms with van der Waals surface area (Å²) in [7, 11) is 0. The molecule has 0 aliphatic carbocycles. The van der Waals surface area contributed by atoms with E-state index in [-0.39, 0.29) is 6.10 Å². The van der Waals surface area contributed by atoms with Crippen LogP contribution in [-0.4, -0.2) is 11.9 Å². The van der Waals surface area contributed by atoms with E-state index in [0.717, 1.165) is 28.1 Å². The van der Waals surface area contributed by atoms with Crippen LogP contribution < -0.4 is 10.5 Å². The van der Waals surface area contributed by atoms with Crippen molar-refractivity contribution in [2.24, 2.45) is 0 Å². The molecule has 0 fully saturated rings. The largest absolute Gasteiger partial charge is 0.489 e. The number of rotatable bonds is 3. The Labute approximate surface area is 131 Å². The first-order chi connectivity index (χ1) is 9.61. The molecular formula is C16H16BrNOS. The Balaban J connectivity index is 1.65. The van der Waals surface area contributed by atoms with Gasteiger partial charge in [0.1, 0.15) is 11.9 Å². The van der Waals surface area contributed by atoms with Gasteiger partial charge in [-0.1, -0.05) is 22.0 Å². The van der Waals surface area contributed by atoms with Crippen molar-refractivity contribution in [3.8, 4) is 5.75 Å². The van der Waals surface area contributed by atoms with E-state index in [0.29, 0.717) is 0 Å². The number of hydrogen-bond donors (Lipinski definition) is 1. The van der Waals surface area contributed by atoms with E-state index < -0.39 is 0 Å². The summed E-state index contributed by atoms with van der Waals surface area (Å²) in [4.78, 5) is 1.24. The topological polar surface area (TPSA) is 35.2 Å². The molecule has 0 saturated heterocycles. The van der Waals surface area contributed by atoms with Crippen molar-refractivity contribution in [2.75, 3.05) is 11.5 Å². The summed E-state index contributed by atoms with van der Waals surface area (Å²) in [6.07, 6.45) is 1.22. The van der Waals surface area contributed by atoms with Crippen LogP contribution >= 0.6 is 27.7 Å². The Hall–Kier alpha value is -1.13. The van der Waals surface area contributed by atoms with Gasteiger partial charge in [0, 0.05) is 27.2 Å². The van der Waals surface area contributed by atoms with E-state index in [1.165, 1.54) is 16.0 Å². The highest BCUT2D eigenvalue weighted by Gasteiger charge is 2.23. The van der Waals surface area contributed by atoms with Crippen LogP contribution in [0, 0.1) is 6.92 Å². The minimum absolute atomic E-state index is 0.241. The van der Waals surface area contributed by atoms with Crippen molar-refractivity contribution < 1.29 is 4.74 Å². The van der Waals surface area contributed by atoms with Crippen LogP contribution in [0.3, 0.4) is 0 Å². The summed E-state index contributed by atoms with van der Waals surface area (Å²) in [5, 5.41) is 0. The Morgan fingerprint density at radius 3 is 3.00 bits per heavy atom. The lowest BCUT2D eigenvalue weighted by atomic mass is 10.1. The Morgan fingerprint density at radius 1 is 1.30 bits per heavy atom. The van der Waals surface area contributed by atoms with Crippen LogP contribution in [0.2, 0.25) is 0 Å². The van der Waals surface area contributed by atoms with Crippen LogP contribution in [0.4, 0.5) is 5.69 Å². The third kappa shape index (κ3) is 2.96. The van der Waals surface area contributed by atoms with Crippen molar-refractivity contribution in [1.29, 1.82) is 0 Å². The van der Waals surface area contributed by atoms with Crippen LogP contribution in [0.1, 0.15) is 11.1 Å². The lowest BCUT2D eigenvalue weighted by Gasteiger charge is -2.12. The number of hydrogen-bond acceptors (Lipinski definition) is 3. The summed E-state index contributed by atoms with van der Waals surface area (Å²) in [6.45, 7) is 2.11. The molecule has 0 aromatic heterocycles. The molecule has 0 amide bonds. The van der Waals surface area contributed by atoms with E-state index in [9.17, 15) is 0 Å². The summed E-state index contributed by atoms with van der Waals surface area (Å²) < 4.78 is 7.09. The SMILES string of the molecule is Cc1ccc(N)cc1SCC1Cc2cc(Br)ccc2O1. The lowest BCUT2D eigenvalue weighted by molar-refractivity contribution is 0.259.